The van der Waals surface area contributed by atoms with Gasteiger partial charge in [-0.15, -0.1) is 11.8 Å². The number of fused-ring (bicyclic) bond motifs is 1. The van der Waals surface area contributed by atoms with Crippen molar-refractivity contribution in [3.63, 3.8) is 0 Å². The fraction of sp³-hybridized carbons (Fsp3) is 0.286. The largest absolute Gasteiger partial charge is 0.326 e. The predicted molar refractivity (Wildman–Crippen MR) is 111 cm³/mol. The Morgan fingerprint density at radius 3 is 2.82 bits per heavy atom. The second-order valence-corrected chi connectivity index (χ2v) is 8.24. The van der Waals surface area contributed by atoms with E-state index in [1.165, 1.54) is 11.8 Å². The minimum atomic E-state index is -0.461. The molecule has 28 heavy (non-hydrogen) atoms. The van der Waals surface area contributed by atoms with Crippen LogP contribution in [-0.4, -0.2) is 29.5 Å². The van der Waals surface area contributed by atoms with E-state index in [2.05, 4.69) is 10.6 Å². The third-order valence-corrected chi connectivity index (χ3v) is 6.20. The fourth-order valence-corrected chi connectivity index (χ4v) is 4.66. The number of rotatable bonds is 4. The van der Waals surface area contributed by atoms with Crippen LogP contribution in [0.5, 0.6) is 0 Å². The Hall–Kier alpha value is -2.80. The van der Waals surface area contributed by atoms with Crippen molar-refractivity contribution in [3.05, 3.63) is 48.0 Å². The number of thioether (sulfide) groups is 1. The summed E-state index contributed by atoms with van der Waals surface area (Å²) in [6.07, 6.45) is 1.55. The number of nitrogens with one attached hydrogen (secondary N) is 2. The fourth-order valence-electron chi connectivity index (χ4n) is 3.55. The van der Waals surface area contributed by atoms with Gasteiger partial charge in [-0.05, 0) is 49.2 Å². The molecule has 0 aromatic heterocycles. The third kappa shape index (κ3) is 3.75. The van der Waals surface area contributed by atoms with E-state index in [1.54, 1.807) is 11.0 Å². The molecule has 0 unspecified atom stereocenters. The van der Waals surface area contributed by atoms with E-state index in [4.69, 9.17) is 0 Å². The molecule has 1 fully saturated rings. The highest BCUT2D eigenvalue weighted by Crippen LogP contribution is 2.36. The second-order valence-electron chi connectivity index (χ2n) is 6.99. The van der Waals surface area contributed by atoms with Crippen molar-refractivity contribution in [1.82, 2.24) is 0 Å². The molecule has 3 amide bonds. The Labute approximate surface area is 167 Å². The number of nitrogens with zero attached hydrogens (tertiary/aromatic N) is 1. The molecule has 1 atom stereocenters. The van der Waals surface area contributed by atoms with Crippen molar-refractivity contribution in [2.45, 2.75) is 36.3 Å². The number of anilines is 3. The molecular weight excluding hydrogens is 374 g/mol. The van der Waals surface area contributed by atoms with Crippen molar-refractivity contribution in [1.29, 1.82) is 0 Å². The Balaban J connectivity index is 1.41. The van der Waals surface area contributed by atoms with Gasteiger partial charge in [0.25, 0.3) is 0 Å². The van der Waals surface area contributed by atoms with E-state index in [0.29, 0.717) is 12.1 Å². The molecule has 2 aromatic carbocycles. The number of para-hydroxylation sites is 1. The predicted octanol–water partition coefficient (Wildman–Crippen LogP) is 3.56. The van der Waals surface area contributed by atoms with Crippen molar-refractivity contribution in [2.24, 2.45) is 0 Å². The summed E-state index contributed by atoms with van der Waals surface area (Å²) in [7, 11) is 0. The zero-order chi connectivity index (χ0) is 19.7. The number of hydrogen-bond donors (Lipinski definition) is 2. The first-order chi connectivity index (χ1) is 13.5. The van der Waals surface area contributed by atoms with E-state index in [1.807, 2.05) is 43.3 Å². The molecule has 4 rings (SSSR count). The van der Waals surface area contributed by atoms with Crippen molar-refractivity contribution in [2.75, 3.05) is 22.1 Å². The van der Waals surface area contributed by atoms with Gasteiger partial charge < -0.3 is 15.5 Å². The molecule has 0 saturated carbocycles. The van der Waals surface area contributed by atoms with Gasteiger partial charge in [-0.25, -0.2) is 0 Å². The summed E-state index contributed by atoms with van der Waals surface area (Å²) in [5, 5.41) is 5.26. The highest BCUT2D eigenvalue weighted by molar-refractivity contribution is 8.01. The molecule has 1 saturated heterocycles. The Kier molecular flexibility index (Phi) is 5.09. The lowest BCUT2D eigenvalue weighted by atomic mass is 10.1. The van der Waals surface area contributed by atoms with Crippen LogP contribution in [0.1, 0.15) is 24.8 Å². The zero-order valence-electron chi connectivity index (χ0n) is 15.5. The van der Waals surface area contributed by atoms with Gasteiger partial charge in [-0.2, -0.15) is 0 Å². The summed E-state index contributed by atoms with van der Waals surface area (Å²) in [5.41, 5.74) is 3.28. The maximum absolute atomic E-state index is 12.5. The normalized spacial score (nSPS) is 18.6. The summed E-state index contributed by atoms with van der Waals surface area (Å²) < 4.78 is 0. The van der Waals surface area contributed by atoms with Gasteiger partial charge in [0, 0.05) is 35.7 Å². The first-order valence-corrected chi connectivity index (χ1v) is 10.2. The number of carbonyl (C=O) groups is 3. The van der Waals surface area contributed by atoms with Crippen LogP contribution < -0.4 is 15.5 Å². The standard InChI is InChI=1S/C21H21N3O3S/c1-13-11-14(8-9-16(13)24-10-4-7-20(24)26)22-19(25)12-18-21(27)23-15-5-2-3-6-17(15)28-18/h2-3,5-6,8-9,11,18H,4,7,10,12H2,1H3,(H,22,25)(H,23,27)/t18-/m1/s1. The van der Waals surface area contributed by atoms with E-state index in [-0.39, 0.29) is 24.1 Å². The lowest BCUT2D eigenvalue weighted by Crippen LogP contribution is -2.32. The molecule has 2 aliphatic rings. The first kappa shape index (κ1) is 18.6. The molecule has 2 N–H and O–H groups in total. The van der Waals surface area contributed by atoms with Crippen LogP contribution in [0.3, 0.4) is 0 Å². The highest BCUT2D eigenvalue weighted by atomic mass is 32.2. The van der Waals surface area contributed by atoms with Gasteiger partial charge in [0.2, 0.25) is 17.7 Å². The highest BCUT2D eigenvalue weighted by Gasteiger charge is 2.29. The molecule has 2 aromatic rings. The van der Waals surface area contributed by atoms with Crippen LogP contribution in [0.15, 0.2) is 47.4 Å². The SMILES string of the molecule is Cc1cc(NC(=O)C[C@H]2Sc3ccccc3NC2=O)ccc1N1CCCC1=O. The molecule has 0 aliphatic carbocycles. The van der Waals surface area contributed by atoms with Crippen molar-refractivity contribution >= 4 is 46.5 Å². The van der Waals surface area contributed by atoms with Gasteiger partial charge >= 0.3 is 0 Å². The lowest BCUT2D eigenvalue weighted by Gasteiger charge is -2.23. The summed E-state index contributed by atoms with van der Waals surface area (Å²) >= 11 is 1.41. The Bertz CT molecular complexity index is 960. The van der Waals surface area contributed by atoms with Crippen LogP contribution in [0.25, 0.3) is 0 Å². The van der Waals surface area contributed by atoms with Crippen molar-refractivity contribution < 1.29 is 14.4 Å². The zero-order valence-corrected chi connectivity index (χ0v) is 16.3. The van der Waals surface area contributed by atoms with Crippen LogP contribution in [0.4, 0.5) is 17.1 Å². The maximum atomic E-state index is 12.5. The minimum Gasteiger partial charge on any atom is -0.326 e. The smallest absolute Gasteiger partial charge is 0.238 e. The third-order valence-electron chi connectivity index (χ3n) is 4.92. The van der Waals surface area contributed by atoms with Crippen LogP contribution in [0.2, 0.25) is 0 Å². The van der Waals surface area contributed by atoms with Crippen LogP contribution in [-0.2, 0) is 14.4 Å². The number of aryl methyl sites for hydroxylation is 1. The molecule has 2 heterocycles. The topological polar surface area (TPSA) is 78.5 Å². The number of carbonyl (C=O) groups excluding carboxylic acids is 3. The van der Waals surface area contributed by atoms with Crippen molar-refractivity contribution in [3.8, 4) is 0 Å². The number of amides is 3. The average molecular weight is 395 g/mol. The second kappa shape index (κ2) is 7.67. The van der Waals surface area contributed by atoms with Gasteiger partial charge in [0.05, 0.1) is 10.9 Å². The quantitative estimate of drug-likeness (QED) is 0.830. The van der Waals surface area contributed by atoms with E-state index in [0.717, 1.165) is 34.8 Å². The molecule has 2 aliphatic heterocycles. The summed E-state index contributed by atoms with van der Waals surface area (Å²) in [6, 6.07) is 13.1. The average Bonchev–Trinajstić information content (AvgIpc) is 3.08. The number of hydrogen-bond acceptors (Lipinski definition) is 4. The molecule has 144 valence electrons. The van der Waals surface area contributed by atoms with Crippen LogP contribution >= 0.6 is 11.8 Å². The molecule has 0 radical (unpaired) electrons. The lowest BCUT2D eigenvalue weighted by molar-refractivity contribution is -0.120. The molecule has 6 nitrogen and oxygen atoms in total. The monoisotopic (exact) mass is 395 g/mol. The maximum Gasteiger partial charge on any atom is 0.238 e. The summed E-state index contributed by atoms with van der Waals surface area (Å²) in [6.45, 7) is 2.67. The molecule has 0 spiro atoms. The van der Waals surface area contributed by atoms with E-state index < -0.39 is 5.25 Å². The van der Waals surface area contributed by atoms with E-state index in [9.17, 15) is 14.4 Å². The first-order valence-electron chi connectivity index (χ1n) is 9.29. The Morgan fingerprint density at radius 1 is 1.25 bits per heavy atom. The molecular formula is C21H21N3O3S. The Morgan fingerprint density at radius 2 is 2.07 bits per heavy atom. The van der Waals surface area contributed by atoms with E-state index >= 15 is 0 Å². The van der Waals surface area contributed by atoms with Gasteiger partial charge in [-0.1, -0.05) is 12.1 Å². The summed E-state index contributed by atoms with van der Waals surface area (Å²) in [4.78, 5) is 39.5. The van der Waals surface area contributed by atoms with Gasteiger partial charge in [0.1, 0.15) is 0 Å². The van der Waals surface area contributed by atoms with Gasteiger partial charge in [-0.3, -0.25) is 14.4 Å². The number of benzene rings is 2. The summed E-state index contributed by atoms with van der Waals surface area (Å²) in [5.74, 6) is -0.227. The molecule has 0 bridgehead atoms. The minimum absolute atomic E-state index is 0.0935. The molecule has 7 heteroatoms. The van der Waals surface area contributed by atoms with Gasteiger partial charge in [0.15, 0.2) is 0 Å². The van der Waals surface area contributed by atoms with Crippen LogP contribution in [0, 0.1) is 6.92 Å².